The molecule has 0 heterocycles. The van der Waals surface area contributed by atoms with Gasteiger partial charge in [0.2, 0.25) is 0 Å². The largest absolute Gasteiger partial charge is 0.444 e. The Morgan fingerprint density at radius 2 is 1.88 bits per heavy atom. The van der Waals surface area contributed by atoms with Crippen LogP contribution in [-0.2, 0) is 4.74 Å². The second-order valence-electron chi connectivity index (χ2n) is 5.62. The fraction of sp³-hybridized carbons (Fsp3) is 0.917. The van der Waals surface area contributed by atoms with E-state index < -0.39 is 11.7 Å². The maximum absolute atomic E-state index is 11.4. The Morgan fingerprint density at radius 1 is 1.29 bits per heavy atom. The Balaban J connectivity index is 3.86. The summed E-state index contributed by atoms with van der Waals surface area (Å²) in [6.45, 7) is 11.6. The van der Waals surface area contributed by atoms with E-state index in [0.29, 0.717) is 19.0 Å². The van der Waals surface area contributed by atoms with Crippen LogP contribution in [0.2, 0.25) is 0 Å². The maximum Gasteiger partial charge on any atom is 0.407 e. The Labute approximate surface area is 104 Å². The molecule has 0 aliphatic carbocycles. The lowest BCUT2D eigenvalue weighted by atomic mass is 10.2. The van der Waals surface area contributed by atoms with Crippen molar-refractivity contribution in [3.8, 4) is 0 Å². The fourth-order valence-corrected chi connectivity index (χ4v) is 1.16. The fourth-order valence-electron chi connectivity index (χ4n) is 1.16. The minimum atomic E-state index is -0.465. The third-order valence-corrected chi connectivity index (χ3v) is 1.99. The van der Waals surface area contributed by atoms with Crippen molar-refractivity contribution < 1.29 is 9.53 Å². The predicted octanol–water partition coefficient (Wildman–Crippen LogP) is 1.08. The Morgan fingerprint density at radius 3 is 2.29 bits per heavy atom. The normalized spacial score (nSPS) is 13.6. The average Bonchev–Trinajstić information content (AvgIpc) is 2.14. The Hall–Kier alpha value is -0.810. The summed E-state index contributed by atoms with van der Waals surface area (Å²) >= 11 is 0. The standard InChI is InChI=1S/C12H27N3O2/c1-9(2)7-14-10(6-13)8-15-11(16)17-12(3,4)5/h9-10,14H,6-8,13H2,1-5H3,(H,15,16). The highest BCUT2D eigenvalue weighted by atomic mass is 16.6. The van der Waals surface area contributed by atoms with Gasteiger partial charge in [-0.15, -0.1) is 0 Å². The van der Waals surface area contributed by atoms with Gasteiger partial charge in [-0.05, 0) is 33.2 Å². The number of amides is 1. The third-order valence-electron chi connectivity index (χ3n) is 1.99. The Bertz CT molecular complexity index is 224. The van der Waals surface area contributed by atoms with Crippen LogP contribution >= 0.6 is 0 Å². The van der Waals surface area contributed by atoms with Crippen LogP contribution in [-0.4, -0.2) is 37.4 Å². The van der Waals surface area contributed by atoms with Crippen molar-refractivity contribution >= 4 is 6.09 Å². The molecule has 0 spiro atoms. The molecule has 0 aromatic rings. The highest BCUT2D eigenvalue weighted by molar-refractivity contribution is 5.67. The van der Waals surface area contributed by atoms with Gasteiger partial charge in [-0.3, -0.25) is 0 Å². The van der Waals surface area contributed by atoms with E-state index in [1.165, 1.54) is 0 Å². The molecule has 0 saturated carbocycles. The summed E-state index contributed by atoms with van der Waals surface area (Å²) in [5, 5.41) is 6.00. The van der Waals surface area contributed by atoms with Crippen molar-refractivity contribution in [2.75, 3.05) is 19.6 Å². The number of nitrogens with two attached hydrogens (primary N) is 1. The van der Waals surface area contributed by atoms with Crippen LogP contribution in [0.25, 0.3) is 0 Å². The van der Waals surface area contributed by atoms with Crippen LogP contribution in [0.15, 0.2) is 0 Å². The van der Waals surface area contributed by atoms with E-state index in [4.69, 9.17) is 10.5 Å². The zero-order chi connectivity index (χ0) is 13.5. The van der Waals surface area contributed by atoms with Gasteiger partial charge in [0, 0.05) is 19.1 Å². The van der Waals surface area contributed by atoms with Crippen LogP contribution in [0.4, 0.5) is 4.79 Å². The number of carbonyl (C=O) groups excluding carboxylic acids is 1. The number of carbonyl (C=O) groups is 1. The molecule has 17 heavy (non-hydrogen) atoms. The summed E-state index contributed by atoms with van der Waals surface area (Å²) < 4.78 is 5.14. The molecule has 1 amide bonds. The van der Waals surface area contributed by atoms with Gasteiger partial charge in [0.1, 0.15) is 5.60 Å². The summed E-state index contributed by atoms with van der Waals surface area (Å²) in [6.07, 6.45) is -0.401. The van der Waals surface area contributed by atoms with E-state index in [2.05, 4.69) is 24.5 Å². The topological polar surface area (TPSA) is 76.4 Å². The lowest BCUT2D eigenvalue weighted by molar-refractivity contribution is 0.0523. The van der Waals surface area contributed by atoms with Gasteiger partial charge in [0.25, 0.3) is 0 Å². The molecule has 1 atom stereocenters. The summed E-state index contributed by atoms with van der Waals surface area (Å²) in [5.41, 5.74) is 5.15. The molecule has 5 heteroatoms. The number of ether oxygens (including phenoxy) is 1. The van der Waals surface area contributed by atoms with Crippen molar-refractivity contribution in [3.63, 3.8) is 0 Å². The van der Waals surface area contributed by atoms with Gasteiger partial charge >= 0.3 is 6.09 Å². The molecule has 4 N–H and O–H groups in total. The molecule has 0 aromatic heterocycles. The van der Waals surface area contributed by atoms with Crippen molar-refractivity contribution in [2.45, 2.75) is 46.3 Å². The van der Waals surface area contributed by atoms with E-state index in [1.807, 2.05) is 20.8 Å². The summed E-state index contributed by atoms with van der Waals surface area (Å²) in [5.74, 6) is 0.561. The molecular formula is C12H27N3O2. The van der Waals surface area contributed by atoms with E-state index in [-0.39, 0.29) is 6.04 Å². The first-order valence-corrected chi connectivity index (χ1v) is 6.15. The number of rotatable bonds is 6. The molecule has 0 aliphatic heterocycles. The van der Waals surface area contributed by atoms with Crippen LogP contribution in [0, 0.1) is 5.92 Å². The minimum absolute atomic E-state index is 0.0879. The molecule has 0 aromatic carbocycles. The third kappa shape index (κ3) is 10.1. The van der Waals surface area contributed by atoms with Crippen LogP contribution < -0.4 is 16.4 Å². The second kappa shape index (κ2) is 7.50. The van der Waals surface area contributed by atoms with E-state index >= 15 is 0 Å². The van der Waals surface area contributed by atoms with E-state index in [1.54, 1.807) is 0 Å². The second-order valence-corrected chi connectivity index (χ2v) is 5.62. The van der Waals surface area contributed by atoms with Crippen molar-refractivity contribution in [3.05, 3.63) is 0 Å². The monoisotopic (exact) mass is 245 g/mol. The molecule has 0 fully saturated rings. The van der Waals surface area contributed by atoms with E-state index in [0.717, 1.165) is 6.54 Å². The zero-order valence-corrected chi connectivity index (χ0v) is 11.7. The maximum atomic E-state index is 11.4. The van der Waals surface area contributed by atoms with Gasteiger partial charge in [0.05, 0.1) is 0 Å². The van der Waals surface area contributed by atoms with Crippen molar-refractivity contribution in [2.24, 2.45) is 11.7 Å². The average molecular weight is 245 g/mol. The van der Waals surface area contributed by atoms with Crippen molar-refractivity contribution in [1.29, 1.82) is 0 Å². The molecule has 1 unspecified atom stereocenters. The van der Waals surface area contributed by atoms with Crippen molar-refractivity contribution in [1.82, 2.24) is 10.6 Å². The van der Waals surface area contributed by atoms with Crippen LogP contribution in [0.3, 0.4) is 0 Å². The summed E-state index contributed by atoms with van der Waals surface area (Å²) in [6, 6.07) is 0.0879. The number of hydrogen-bond acceptors (Lipinski definition) is 4. The van der Waals surface area contributed by atoms with Crippen LogP contribution in [0.5, 0.6) is 0 Å². The smallest absolute Gasteiger partial charge is 0.407 e. The molecule has 0 aliphatic rings. The first-order chi connectivity index (χ1) is 7.74. The molecule has 0 saturated heterocycles. The van der Waals surface area contributed by atoms with Gasteiger partial charge < -0.3 is 21.1 Å². The highest BCUT2D eigenvalue weighted by Gasteiger charge is 2.16. The molecule has 0 rings (SSSR count). The number of hydrogen-bond donors (Lipinski definition) is 3. The van der Waals surface area contributed by atoms with Gasteiger partial charge in [-0.2, -0.15) is 0 Å². The molecule has 0 bridgehead atoms. The highest BCUT2D eigenvalue weighted by Crippen LogP contribution is 2.06. The lowest BCUT2D eigenvalue weighted by Gasteiger charge is -2.22. The lowest BCUT2D eigenvalue weighted by Crippen LogP contribution is -2.47. The zero-order valence-electron chi connectivity index (χ0n) is 11.7. The van der Waals surface area contributed by atoms with Gasteiger partial charge in [-0.1, -0.05) is 13.8 Å². The Kier molecular flexibility index (Phi) is 7.15. The van der Waals surface area contributed by atoms with Crippen LogP contribution in [0.1, 0.15) is 34.6 Å². The SMILES string of the molecule is CC(C)CNC(CN)CNC(=O)OC(C)(C)C. The number of alkyl carbamates (subject to hydrolysis) is 1. The molecular weight excluding hydrogens is 218 g/mol. The summed E-state index contributed by atoms with van der Waals surface area (Å²) in [4.78, 5) is 11.4. The first-order valence-electron chi connectivity index (χ1n) is 6.15. The van der Waals surface area contributed by atoms with Gasteiger partial charge in [0.15, 0.2) is 0 Å². The molecule has 5 nitrogen and oxygen atoms in total. The first kappa shape index (κ1) is 16.2. The predicted molar refractivity (Wildman–Crippen MR) is 69.9 cm³/mol. The summed E-state index contributed by atoms with van der Waals surface area (Å²) in [7, 11) is 0. The number of nitrogens with one attached hydrogen (secondary N) is 2. The molecule has 102 valence electrons. The quantitative estimate of drug-likeness (QED) is 0.654. The molecule has 0 radical (unpaired) electrons. The van der Waals surface area contributed by atoms with E-state index in [9.17, 15) is 4.79 Å². The minimum Gasteiger partial charge on any atom is -0.444 e. The van der Waals surface area contributed by atoms with Gasteiger partial charge in [-0.25, -0.2) is 4.79 Å².